The second-order valence-corrected chi connectivity index (χ2v) is 5.46. The van der Waals surface area contributed by atoms with Crippen LogP contribution in [-0.4, -0.2) is 49.4 Å². The maximum atomic E-state index is 12.4. The average molecular weight is 277 g/mol. The quantitative estimate of drug-likeness (QED) is 0.826. The number of nitrogens with zero attached hydrogens (tertiary/aromatic N) is 2. The molecule has 1 aromatic rings. The second kappa shape index (κ2) is 8.02. The van der Waals surface area contributed by atoms with Gasteiger partial charge in [-0.15, -0.1) is 0 Å². The van der Waals surface area contributed by atoms with Crippen LogP contribution in [0.2, 0.25) is 0 Å². The lowest BCUT2D eigenvalue weighted by atomic mass is 10.0. The molecule has 2 N–H and O–H groups in total. The van der Waals surface area contributed by atoms with Crippen molar-refractivity contribution in [3.63, 3.8) is 0 Å². The summed E-state index contributed by atoms with van der Waals surface area (Å²) in [5, 5.41) is 0. The van der Waals surface area contributed by atoms with Crippen LogP contribution in [-0.2, 0) is 4.79 Å². The van der Waals surface area contributed by atoms with E-state index >= 15 is 0 Å². The summed E-state index contributed by atoms with van der Waals surface area (Å²) in [4.78, 5) is 16.4. The van der Waals surface area contributed by atoms with Crippen LogP contribution < -0.4 is 5.73 Å². The van der Waals surface area contributed by atoms with Crippen LogP contribution in [0.1, 0.15) is 30.5 Å². The molecule has 0 spiro atoms. The van der Waals surface area contributed by atoms with Crippen molar-refractivity contribution in [2.75, 3.05) is 33.7 Å². The number of nitrogens with two attached hydrogens (primary N) is 1. The Labute approximate surface area is 122 Å². The van der Waals surface area contributed by atoms with Crippen LogP contribution in [0.3, 0.4) is 0 Å². The van der Waals surface area contributed by atoms with E-state index in [2.05, 4.69) is 4.90 Å². The molecule has 1 rings (SSSR count). The zero-order valence-electron chi connectivity index (χ0n) is 13.1. The maximum Gasteiger partial charge on any atom is 0.244 e. The lowest BCUT2D eigenvalue weighted by Crippen LogP contribution is -2.39. The molecule has 0 radical (unpaired) electrons. The van der Waals surface area contributed by atoms with E-state index in [-0.39, 0.29) is 5.91 Å². The van der Waals surface area contributed by atoms with Crippen LogP contribution in [0.4, 0.5) is 0 Å². The Balaban J connectivity index is 2.62. The van der Waals surface area contributed by atoms with E-state index in [1.807, 2.05) is 57.1 Å². The molecule has 1 unspecified atom stereocenters. The van der Waals surface area contributed by atoms with Gasteiger partial charge < -0.3 is 15.5 Å². The average Bonchev–Trinajstić information content (AvgIpc) is 2.42. The van der Waals surface area contributed by atoms with E-state index in [1.165, 1.54) is 5.56 Å². The summed E-state index contributed by atoms with van der Waals surface area (Å²) in [6.45, 7) is 6.45. The predicted molar refractivity (Wildman–Crippen MR) is 83.5 cm³/mol. The van der Waals surface area contributed by atoms with Crippen molar-refractivity contribution in [1.82, 2.24) is 9.80 Å². The highest BCUT2D eigenvalue weighted by Crippen LogP contribution is 2.14. The number of carbonyl (C=O) groups excluding carboxylic acids is 1. The van der Waals surface area contributed by atoms with Gasteiger partial charge in [0, 0.05) is 13.1 Å². The minimum atomic E-state index is -0.560. The van der Waals surface area contributed by atoms with Gasteiger partial charge in [0.05, 0.1) is 0 Å². The molecule has 112 valence electrons. The molecule has 4 heteroatoms. The highest BCUT2D eigenvalue weighted by Gasteiger charge is 2.20. The summed E-state index contributed by atoms with van der Waals surface area (Å²) in [5.74, 6) is 0.00936. The predicted octanol–water partition coefficient (Wildman–Crippen LogP) is 1.80. The Morgan fingerprint density at radius 2 is 1.80 bits per heavy atom. The Morgan fingerprint density at radius 1 is 1.20 bits per heavy atom. The number of likely N-dealkylation sites (N-methyl/N-ethyl adjacent to an activating group) is 1. The summed E-state index contributed by atoms with van der Waals surface area (Å²) < 4.78 is 0. The van der Waals surface area contributed by atoms with Crippen molar-refractivity contribution < 1.29 is 4.79 Å². The van der Waals surface area contributed by atoms with E-state index in [9.17, 15) is 4.79 Å². The number of hydrogen-bond acceptors (Lipinski definition) is 3. The minimum absolute atomic E-state index is 0.00936. The number of aryl methyl sites for hydroxylation is 1. The largest absolute Gasteiger partial charge is 0.341 e. The third kappa shape index (κ3) is 4.94. The van der Waals surface area contributed by atoms with Crippen molar-refractivity contribution in [1.29, 1.82) is 0 Å². The molecule has 4 nitrogen and oxygen atoms in total. The monoisotopic (exact) mass is 277 g/mol. The van der Waals surface area contributed by atoms with Gasteiger partial charge in [-0.1, -0.05) is 29.8 Å². The van der Waals surface area contributed by atoms with Gasteiger partial charge in [0.15, 0.2) is 0 Å². The van der Waals surface area contributed by atoms with Gasteiger partial charge >= 0.3 is 0 Å². The number of hydrogen-bond donors (Lipinski definition) is 1. The smallest absolute Gasteiger partial charge is 0.244 e. The van der Waals surface area contributed by atoms with Gasteiger partial charge in [-0.2, -0.15) is 0 Å². The third-order valence-electron chi connectivity index (χ3n) is 3.43. The van der Waals surface area contributed by atoms with Crippen molar-refractivity contribution in [3.8, 4) is 0 Å². The highest BCUT2D eigenvalue weighted by atomic mass is 16.2. The molecule has 0 saturated carbocycles. The van der Waals surface area contributed by atoms with Gasteiger partial charge in [0.25, 0.3) is 0 Å². The molecule has 20 heavy (non-hydrogen) atoms. The first-order valence-corrected chi connectivity index (χ1v) is 7.21. The topological polar surface area (TPSA) is 49.6 Å². The zero-order chi connectivity index (χ0) is 15.1. The maximum absolute atomic E-state index is 12.4. The van der Waals surface area contributed by atoms with E-state index in [0.717, 1.165) is 25.1 Å². The molecule has 1 aromatic carbocycles. The van der Waals surface area contributed by atoms with Crippen molar-refractivity contribution in [2.45, 2.75) is 26.3 Å². The normalized spacial score (nSPS) is 12.5. The number of benzene rings is 1. The molecule has 0 aliphatic rings. The Morgan fingerprint density at radius 3 is 2.30 bits per heavy atom. The van der Waals surface area contributed by atoms with Gasteiger partial charge in [-0.25, -0.2) is 0 Å². The standard InChI is InChI=1S/C16H27N3O/c1-5-19(12-6-11-18(3)4)16(20)15(17)14-9-7-13(2)8-10-14/h7-10,15H,5-6,11-12,17H2,1-4H3. The van der Waals surface area contributed by atoms with E-state index < -0.39 is 6.04 Å². The van der Waals surface area contributed by atoms with E-state index in [1.54, 1.807) is 0 Å². The van der Waals surface area contributed by atoms with Gasteiger partial charge in [0.2, 0.25) is 5.91 Å². The molecular weight excluding hydrogens is 250 g/mol. The fourth-order valence-electron chi connectivity index (χ4n) is 2.12. The van der Waals surface area contributed by atoms with Crippen LogP contribution in [0, 0.1) is 6.92 Å². The Bertz CT molecular complexity index is 414. The first-order chi connectivity index (χ1) is 9.45. The lowest BCUT2D eigenvalue weighted by Gasteiger charge is -2.25. The summed E-state index contributed by atoms with van der Waals surface area (Å²) in [6.07, 6.45) is 0.965. The minimum Gasteiger partial charge on any atom is -0.341 e. The number of rotatable bonds is 7. The second-order valence-electron chi connectivity index (χ2n) is 5.46. The summed E-state index contributed by atoms with van der Waals surface area (Å²) in [5.41, 5.74) is 8.15. The fourth-order valence-corrected chi connectivity index (χ4v) is 2.12. The zero-order valence-corrected chi connectivity index (χ0v) is 13.1. The van der Waals surface area contributed by atoms with E-state index in [0.29, 0.717) is 6.54 Å². The van der Waals surface area contributed by atoms with Crippen molar-refractivity contribution >= 4 is 5.91 Å². The Hall–Kier alpha value is -1.39. The van der Waals surface area contributed by atoms with Gasteiger partial charge in [0.1, 0.15) is 6.04 Å². The van der Waals surface area contributed by atoms with Crippen LogP contribution in [0.25, 0.3) is 0 Å². The van der Waals surface area contributed by atoms with Crippen LogP contribution in [0.15, 0.2) is 24.3 Å². The number of amides is 1. The van der Waals surface area contributed by atoms with Crippen LogP contribution in [0.5, 0.6) is 0 Å². The van der Waals surface area contributed by atoms with E-state index in [4.69, 9.17) is 5.73 Å². The molecule has 0 aromatic heterocycles. The highest BCUT2D eigenvalue weighted by molar-refractivity contribution is 5.83. The summed E-state index contributed by atoms with van der Waals surface area (Å²) in [7, 11) is 4.08. The van der Waals surface area contributed by atoms with Crippen LogP contribution >= 0.6 is 0 Å². The number of carbonyl (C=O) groups is 1. The molecule has 0 saturated heterocycles. The summed E-state index contributed by atoms with van der Waals surface area (Å²) in [6, 6.07) is 7.29. The lowest BCUT2D eigenvalue weighted by molar-refractivity contribution is -0.132. The molecule has 0 fully saturated rings. The molecule has 0 heterocycles. The fraction of sp³-hybridized carbons (Fsp3) is 0.562. The molecule has 1 atom stereocenters. The molecular formula is C16H27N3O. The third-order valence-corrected chi connectivity index (χ3v) is 3.43. The Kier molecular flexibility index (Phi) is 6.68. The SMILES string of the molecule is CCN(CCCN(C)C)C(=O)C(N)c1ccc(C)cc1. The first kappa shape index (κ1) is 16.7. The molecule has 0 aliphatic heterocycles. The summed E-state index contributed by atoms with van der Waals surface area (Å²) >= 11 is 0. The van der Waals surface area contributed by atoms with Gasteiger partial charge in [-0.3, -0.25) is 4.79 Å². The molecule has 1 amide bonds. The van der Waals surface area contributed by atoms with Crippen molar-refractivity contribution in [2.24, 2.45) is 5.73 Å². The molecule has 0 aliphatic carbocycles. The molecule has 0 bridgehead atoms. The van der Waals surface area contributed by atoms with Gasteiger partial charge in [-0.05, 0) is 46.5 Å². The first-order valence-electron chi connectivity index (χ1n) is 7.21. The van der Waals surface area contributed by atoms with Crippen molar-refractivity contribution in [3.05, 3.63) is 35.4 Å².